The van der Waals surface area contributed by atoms with Crippen LogP contribution in [0.15, 0.2) is 32.8 Å². The number of H-pyrrole nitrogens is 1. The number of unbranched alkanes of at least 4 members (excludes halogenated alkanes) is 1. The van der Waals surface area contributed by atoms with E-state index in [1.54, 1.807) is 6.07 Å². The van der Waals surface area contributed by atoms with Gasteiger partial charge in [0.05, 0.1) is 9.17 Å². The molecule has 0 saturated carbocycles. The first-order chi connectivity index (χ1) is 12.6. The fourth-order valence-electron chi connectivity index (χ4n) is 2.53. The summed E-state index contributed by atoms with van der Waals surface area (Å²) in [7, 11) is 0. The molecule has 0 atom stereocenters. The van der Waals surface area contributed by atoms with E-state index in [9.17, 15) is 9.90 Å². The Morgan fingerprint density at radius 3 is 2.65 bits per heavy atom. The number of thiophene rings is 1. The second kappa shape index (κ2) is 7.76. The monoisotopic (exact) mass is 428 g/mol. The highest BCUT2D eigenvalue weighted by atomic mass is 79.9. The molecule has 2 heterocycles. The molecule has 0 aliphatic rings. The van der Waals surface area contributed by atoms with Gasteiger partial charge in [0.2, 0.25) is 0 Å². The van der Waals surface area contributed by atoms with Crippen molar-refractivity contribution in [2.24, 2.45) is 0 Å². The van der Waals surface area contributed by atoms with Crippen molar-refractivity contribution in [3.05, 3.63) is 49.5 Å². The molecule has 2 aromatic heterocycles. The Labute approximate surface area is 161 Å². The summed E-state index contributed by atoms with van der Waals surface area (Å²) in [4.78, 5) is 15.0. The molecule has 0 fully saturated rings. The lowest BCUT2D eigenvalue weighted by molar-refractivity contribution is 0.290. The lowest BCUT2D eigenvalue weighted by Gasteiger charge is -2.04. The third kappa shape index (κ3) is 3.38. The molecule has 3 rings (SSSR count). The number of hydrogen-bond donors (Lipinski definition) is 3. The van der Waals surface area contributed by atoms with Gasteiger partial charge in [-0.3, -0.25) is 4.79 Å². The van der Waals surface area contributed by atoms with Gasteiger partial charge in [0.15, 0.2) is 5.56 Å². The summed E-state index contributed by atoms with van der Waals surface area (Å²) in [5.41, 5.74) is 1.49. The highest BCUT2D eigenvalue weighted by molar-refractivity contribution is 9.11. The number of aromatic hydroxyl groups is 1. The number of halogens is 1. The van der Waals surface area contributed by atoms with Gasteiger partial charge in [0.1, 0.15) is 16.6 Å². The maximum absolute atomic E-state index is 11.9. The van der Waals surface area contributed by atoms with Crippen molar-refractivity contribution in [2.45, 2.75) is 12.8 Å². The minimum Gasteiger partial charge on any atom is -0.506 e. The second-order valence-electron chi connectivity index (χ2n) is 5.45. The van der Waals surface area contributed by atoms with Gasteiger partial charge < -0.3 is 15.2 Å². The molecule has 5 nitrogen and oxygen atoms in total. The molecule has 0 bridgehead atoms. The molecule has 130 valence electrons. The summed E-state index contributed by atoms with van der Waals surface area (Å²) >= 11 is 4.76. The van der Waals surface area contributed by atoms with Crippen LogP contribution in [0.3, 0.4) is 0 Å². The number of benzene rings is 1. The average molecular weight is 429 g/mol. The number of nitrogens with zero attached hydrogens (tertiary/aromatic N) is 1. The van der Waals surface area contributed by atoms with Crippen molar-refractivity contribution < 1.29 is 10.2 Å². The minimum absolute atomic E-state index is 0.128. The molecule has 3 N–H and O–H groups in total. The lowest BCUT2D eigenvalue weighted by atomic mass is 10.0. The minimum atomic E-state index is -0.605. The largest absolute Gasteiger partial charge is 0.506 e. The van der Waals surface area contributed by atoms with Crippen LogP contribution in [0.25, 0.3) is 21.3 Å². The van der Waals surface area contributed by atoms with Crippen LogP contribution in [0.2, 0.25) is 0 Å². The summed E-state index contributed by atoms with van der Waals surface area (Å²) in [6.45, 7) is 0.128. The molecule has 1 aromatic carbocycles. The summed E-state index contributed by atoms with van der Waals surface area (Å²) in [6.07, 6.45) is 1.29. The van der Waals surface area contributed by atoms with Crippen LogP contribution >= 0.6 is 27.3 Å². The number of aliphatic hydroxyl groups excluding tert-OH is 1. The van der Waals surface area contributed by atoms with Crippen molar-refractivity contribution in [2.75, 3.05) is 6.61 Å². The fourth-order valence-corrected chi connectivity index (χ4v) is 4.39. The van der Waals surface area contributed by atoms with Crippen molar-refractivity contribution in [3.8, 4) is 34.8 Å². The maximum atomic E-state index is 11.9. The van der Waals surface area contributed by atoms with Crippen LogP contribution in [-0.2, 0) is 0 Å². The zero-order valence-electron chi connectivity index (χ0n) is 13.5. The SMILES string of the molecule is N#Cc1c(O)c2c(-c3ccc(C#CCCCO)cc3)c(Br)sc2[nH]c1=O. The van der Waals surface area contributed by atoms with Gasteiger partial charge in [-0.05, 0) is 40.0 Å². The van der Waals surface area contributed by atoms with Crippen molar-refractivity contribution in [1.82, 2.24) is 4.98 Å². The first-order valence-electron chi connectivity index (χ1n) is 7.74. The topological polar surface area (TPSA) is 97.1 Å². The van der Waals surface area contributed by atoms with E-state index >= 15 is 0 Å². The number of hydrogen-bond acceptors (Lipinski definition) is 5. The van der Waals surface area contributed by atoms with Crippen LogP contribution in [0.5, 0.6) is 5.75 Å². The van der Waals surface area contributed by atoms with Crippen LogP contribution in [0, 0.1) is 23.2 Å². The van der Waals surface area contributed by atoms with Crippen LogP contribution in [0.1, 0.15) is 24.0 Å². The summed E-state index contributed by atoms with van der Waals surface area (Å²) < 4.78 is 0.746. The number of rotatable bonds is 3. The Hall–Kier alpha value is -2.58. The molecule has 7 heteroatoms. The molecule has 0 saturated heterocycles. The van der Waals surface area contributed by atoms with Gasteiger partial charge in [0.25, 0.3) is 5.56 Å². The second-order valence-corrected chi connectivity index (χ2v) is 7.79. The quantitative estimate of drug-likeness (QED) is 0.437. The normalized spacial score (nSPS) is 10.3. The van der Waals surface area contributed by atoms with E-state index < -0.39 is 5.56 Å². The summed E-state index contributed by atoms with van der Waals surface area (Å²) in [5.74, 6) is 5.72. The Kier molecular flexibility index (Phi) is 5.43. The standard InChI is InChI=1S/C19H13BrN2O3S/c20-17-14(12-7-5-11(6-8-12)4-2-1-3-9-23)15-16(24)13(10-21)18(25)22-19(15)26-17/h5-8,23H,1,3,9H2,(H2,22,24,25). The smallest absolute Gasteiger partial charge is 0.270 e. The van der Waals surface area contributed by atoms with E-state index in [4.69, 9.17) is 10.4 Å². The van der Waals surface area contributed by atoms with Crippen LogP contribution in [0.4, 0.5) is 0 Å². The maximum Gasteiger partial charge on any atom is 0.270 e. The zero-order chi connectivity index (χ0) is 18.7. The van der Waals surface area contributed by atoms with Gasteiger partial charge >= 0.3 is 0 Å². The van der Waals surface area contributed by atoms with Crippen LogP contribution in [-0.4, -0.2) is 21.8 Å². The third-order valence-corrected chi connectivity index (χ3v) is 5.55. The first-order valence-corrected chi connectivity index (χ1v) is 9.35. The molecular formula is C19H13BrN2O3S. The fraction of sp³-hybridized carbons (Fsp3) is 0.158. The first kappa shape index (κ1) is 18.2. The number of nitrogens with one attached hydrogen (secondary N) is 1. The molecule has 0 amide bonds. The number of aromatic amines is 1. The Morgan fingerprint density at radius 1 is 1.27 bits per heavy atom. The van der Waals surface area contributed by atoms with E-state index in [1.165, 1.54) is 11.3 Å². The third-order valence-electron chi connectivity index (χ3n) is 3.77. The van der Waals surface area contributed by atoms with Crippen molar-refractivity contribution >= 4 is 37.5 Å². The number of aliphatic hydroxyl groups is 1. The molecule has 0 unspecified atom stereocenters. The number of aromatic nitrogens is 1. The van der Waals surface area contributed by atoms with Crippen molar-refractivity contribution in [1.29, 1.82) is 5.26 Å². The van der Waals surface area contributed by atoms with Gasteiger partial charge in [-0.15, -0.1) is 11.3 Å². The predicted molar refractivity (Wildman–Crippen MR) is 105 cm³/mol. The molecular weight excluding hydrogens is 416 g/mol. The Balaban J connectivity index is 2.08. The van der Waals surface area contributed by atoms with E-state index in [0.717, 1.165) is 20.5 Å². The van der Waals surface area contributed by atoms with E-state index in [0.29, 0.717) is 23.1 Å². The lowest BCUT2D eigenvalue weighted by Crippen LogP contribution is -2.09. The highest BCUT2D eigenvalue weighted by Crippen LogP contribution is 2.45. The molecule has 3 aromatic rings. The molecule has 0 aliphatic heterocycles. The Bertz CT molecular complexity index is 1130. The van der Waals surface area contributed by atoms with Gasteiger partial charge in [0, 0.05) is 24.2 Å². The molecule has 0 radical (unpaired) electrons. The van der Waals surface area contributed by atoms with E-state index in [1.807, 2.05) is 24.3 Å². The number of pyridine rings is 1. The average Bonchev–Trinajstić information content (AvgIpc) is 2.95. The van der Waals surface area contributed by atoms with Gasteiger partial charge in [-0.1, -0.05) is 24.0 Å². The van der Waals surface area contributed by atoms with Crippen LogP contribution < -0.4 is 5.56 Å². The summed E-state index contributed by atoms with van der Waals surface area (Å²) in [5, 5.41) is 28.7. The van der Waals surface area contributed by atoms with Crippen molar-refractivity contribution in [3.63, 3.8) is 0 Å². The Morgan fingerprint density at radius 2 is 2.00 bits per heavy atom. The molecule has 0 aliphatic carbocycles. The van der Waals surface area contributed by atoms with E-state index in [-0.39, 0.29) is 17.9 Å². The van der Waals surface area contributed by atoms with Gasteiger partial charge in [-0.25, -0.2) is 0 Å². The predicted octanol–water partition coefficient (Wildman–Crippen LogP) is 3.72. The molecule has 26 heavy (non-hydrogen) atoms. The number of fused-ring (bicyclic) bond motifs is 1. The summed E-state index contributed by atoms with van der Waals surface area (Å²) in [6, 6.07) is 9.23. The van der Waals surface area contributed by atoms with Gasteiger partial charge in [-0.2, -0.15) is 5.26 Å². The zero-order valence-corrected chi connectivity index (χ0v) is 15.9. The molecule has 0 spiro atoms. The number of nitriles is 1. The highest BCUT2D eigenvalue weighted by Gasteiger charge is 2.20. The van der Waals surface area contributed by atoms with E-state index in [2.05, 4.69) is 32.8 Å².